The van der Waals surface area contributed by atoms with Gasteiger partial charge in [0.15, 0.2) is 5.82 Å². The Kier molecular flexibility index (Phi) is 5.27. The summed E-state index contributed by atoms with van der Waals surface area (Å²) in [7, 11) is -1.64. The molecule has 0 bridgehead atoms. The number of pyridine rings is 1. The lowest BCUT2D eigenvalue weighted by atomic mass is 10.1. The van der Waals surface area contributed by atoms with Crippen molar-refractivity contribution >= 4 is 9.84 Å². The van der Waals surface area contributed by atoms with Crippen LogP contribution < -0.4 is 5.56 Å². The highest BCUT2D eigenvalue weighted by molar-refractivity contribution is 7.91. The van der Waals surface area contributed by atoms with E-state index in [1.165, 1.54) is 19.6 Å². The number of ether oxygens (including phenoxy) is 1. The van der Waals surface area contributed by atoms with Crippen molar-refractivity contribution in [3.63, 3.8) is 0 Å². The molecule has 0 aliphatic rings. The summed E-state index contributed by atoms with van der Waals surface area (Å²) in [6.07, 6.45) is 4.57. The van der Waals surface area contributed by atoms with E-state index >= 15 is 0 Å². The molecule has 0 amide bonds. The first kappa shape index (κ1) is 17.3. The van der Waals surface area contributed by atoms with Gasteiger partial charge in [0, 0.05) is 43.4 Å². The molecule has 0 spiro atoms. The van der Waals surface area contributed by atoms with Gasteiger partial charge in [-0.05, 0) is 19.1 Å². The van der Waals surface area contributed by atoms with Crippen molar-refractivity contribution in [3.05, 3.63) is 46.1 Å². The lowest BCUT2D eigenvalue weighted by Crippen LogP contribution is -2.19. The van der Waals surface area contributed by atoms with E-state index in [0.29, 0.717) is 22.6 Å². The largest absolute Gasteiger partial charge is 0.380 e. The summed E-state index contributed by atoms with van der Waals surface area (Å²) in [6, 6.07) is 3.38. The van der Waals surface area contributed by atoms with E-state index in [9.17, 15) is 13.2 Å². The SMILES string of the molecule is COCc1c(-c2nccc(CC(C)S(C)(=O)=O)n2)cc[nH]c1=O. The van der Waals surface area contributed by atoms with Gasteiger partial charge in [-0.1, -0.05) is 0 Å². The predicted octanol–water partition coefficient (Wildman–Crippen LogP) is 0.954. The topological polar surface area (TPSA) is 102 Å². The molecule has 0 aliphatic heterocycles. The van der Waals surface area contributed by atoms with E-state index in [1.54, 1.807) is 25.3 Å². The third-order valence-electron chi connectivity index (χ3n) is 3.53. The molecule has 0 fully saturated rings. The van der Waals surface area contributed by atoms with Crippen LogP contribution in [0.15, 0.2) is 29.3 Å². The Balaban J connectivity index is 2.41. The quantitative estimate of drug-likeness (QED) is 0.842. The molecule has 2 heterocycles. The first-order chi connectivity index (χ1) is 10.8. The standard InChI is InChI=1S/C15H19N3O4S/c1-10(23(3,20)21)8-11-4-6-16-14(18-11)12-5-7-17-15(19)13(12)9-22-2/h4-7,10H,8-9H2,1-3H3,(H,17,19). The van der Waals surface area contributed by atoms with Gasteiger partial charge < -0.3 is 9.72 Å². The van der Waals surface area contributed by atoms with Crippen molar-refractivity contribution in [1.82, 2.24) is 15.0 Å². The fraction of sp³-hybridized carbons (Fsp3) is 0.400. The second kappa shape index (κ2) is 7.01. The van der Waals surface area contributed by atoms with Crippen LogP contribution in [0.1, 0.15) is 18.2 Å². The lowest BCUT2D eigenvalue weighted by Gasteiger charge is -2.10. The van der Waals surface area contributed by atoms with Crippen molar-refractivity contribution < 1.29 is 13.2 Å². The predicted molar refractivity (Wildman–Crippen MR) is 86.8 cm³/mol. The van der Waals surface area contributed by atoms with E-state index < -0.39 is 15.1 Å². The molecule has 124 valence electrons. The number of rotatable bonds is 6. The summed E-state index contributed by atoms with van der Waals surface area (Å²) in [5.74, 6) is 0.376. The number of hydrogen-bond donors (Lipinski definition) is 1. The summed E-state index contributed by atoms with van der Waals surface area (Å²) in [4.78, 5) is 23.1. The number of methoxy groups -OCH3 is 1. The highest BCUT2D eigenvalue weighted by Crippen LogP contribution is 2.18. The Bertz CT molecular complexity index is 846. The van der Waals surface area contributed by atoms with Crippen molar-refractivity contribution in [2.24, 2.45) is 0 Å². The molecule has 1 N–H and O–H groups in total. The summed E-state index contributed by atoms with van der Waals surface area (Å²) >= 11 is 0. The Hall–Kier alpha value is -2.06. The molecule has 1 atom stereocenters. The van der Waals surface area contributed by atoms with Crippen LogP contribution in [0, 0.1) is 0 Å². The van der Waals surface area contributed by atoms with Crippen LogP contribution in [-0.2, 0) is 27.6 Å². The van der Waals surface area contributed by atoms with Gasteiger partial charge in [0.05, 0.1) is 17.4 Å². The molecular weight excluding hydrogens is 318 g/mol. The van der Waals surface area contributed by atoms with Gasteiger partial charge in [0.2, 0.25) is 0 Å². The van der Waals surface area contributed by atoms with Crippen LogP contribution >= 0.6 is 0 Å². The van der Waals surface area contributed by atoms with Crippen molar-refractivity contribution in [1.29, 1.82) is 0 Å². The van der Waals surface area contributed by atoms with Gasteiger partial charge in [-0.25, -0.2) is 18.4 Å². The van der Waals surface area contributed by atoms with Crippen LogP contribution in [0.4, 0.5) is 0 Å². The second-order valence-electron chi connectivity index (χ2n) is 5.35. The molecule has 8 heteroatoms. The fourth-order valence-electron chi connectivity index (χ4n) is 2.09. The number of nitrogens with one attached hydrogen (secondary N) is 1. The molecule has 0 aliphatic carbocycles. The minimum atomic E-state index is -3.14. The summed E-state index contributed by atoms with van der Waals surface area (Å²) < 4.78 is 28.2. The molecule has 0 saturated carbocycles. The monoisotopic (exact) mass is 337 g/mol. The maximum atomic E-state index is 11.9. The van der Waals surface area contributed by atoms with E-state index in [2.05, 4.69) is 15.0 Å². The highest BCUT2D eigenvalue weighted by atomic mass is 32.2. The zero-order valence-corrected chi connectivity index (χ0v) is 14.1. The van der Waals surface area contributed by atoms with Crippen molar-refractivity contribution in [2.45, 2.75) is 25.2 Å². The average molecular weight is 337 g/mol. The maximum absolute atomic E-state index is 11.9. The number of H-pyrrole nitrogens is 1. The van der Waals surface area contributed by atoms with Gasteiger partial charge >= 0.3 is 0 Å². The number of aromatic nitrogens is 3. The Labute approximate surface area is 134 Å². The molecular formula is C15H19N3O4S. The van der Waals surface area contributed by atoms with Gasteiger partial charge in [-0.2, -0.15) is 0 Å². The Morgan fingerprint density at radius 1 is 1.35 bits per heavy atom. The average Bonchev–Trinajstić information content (AvgIpc) is 2.49. The Morgan fingerprint density at radius 2 is 2.09 bits per heavy atom. The molecule has 0 radical (unpaired) electrons. The molecule has 0 saturated heterocycles. The van der Waals surface area contributed by atoms with E-state index in [-0.39, 0.29) is 18.6 Å². The second-order valence-corrected chi connectivity index (χ2v) is 7.81. The van der Waals surface area contributed by atoms with Crippen molar-refractivity contribution in [2.75, 3.05) is 13.4 Å². The third kappa shape index (κ3) is 4.23. The van der Waals surface area contributed by atoms with Gasteiger partial charge in [0.1, 0.15) is 9.84 Å². The van der Waals surface area contributed by atoms with Crippen LogP contribution in [0.2, 0.25) is 0 Å². The van der Waals surface area contributed by atoms with Crippen LogP contribution in [0.3, 0.4) is 0 Å². The van der Waals surface area contributed by atoms with Gasteiger partial charge in [-0.15, -0.1) is 0 Å². The molecule has 2 rings (SSSR count). The van der Waals surface area contributed by atoms with Crippen LogP contribution in [0.25, 0.3) is 11.4 Å². The number of nitrogens with zero attached hydrogens (tertiary/aromatic N) is 2. The van der Waals surface area contributed by atoms with Gasteiger partial charge in [0.25, 0.3) is 5.56 Å². The summed E-state index contributed by atoms with van der Waals surface area (Å²) in [5.41, 5.74) is 1.35. The molecule has 23 heavy (non-hydrogen) atoms. The summed E-state index contributed by atoms with van der Waals surface area (Å²) in [5, 5.41) is -0.539. The smallest absolute Gasteiger partial charge is 0.254 e. The third-order valence-corrected chi connectivity index (χ3v) is 5.16. The first-order valence-electron chi connectivity index (χ1n) is 7.03. The molecule has 2 aromatic heterocycles. The minimum Gasteiger partial charge on any atom is -0.380 e. The number of hydrogen-bond acceptors (Lipinski definition) is 6. The molecule has 0 aromatic carbocycles. The van der Waals surface area contributed by atoms with Crippen LogP contribution in [-0.4, -0.2) is 42.0 Å². The van der Waals surface area contributed by atoms with E-state index in [0.717, 1.165) is 0 Å². The van der Waals surface area contributed by atoms with Crippen LogP contribution in [0.5, 0.6) is 0 Å². The fourth-order valence-corrected chi connectivity index (χ4v) is 2.57. The molecule has 1 unspecified atom stereocenters. The lowest BCUT2D eigenvalue weighted by molar-refractivity contribution is 0.184. The van der Waals surface area contributed by atoms with E-state index in [4.69, 9.17) is 4.74 Å². The number of aromatic amines is 1. The highest BCUT2D eigenvalue weighted by Gasteiger charge is 2.17. The molecule has 2 aromatic rings. The maximum Gasteiger partial charge on any atom is 0.254 e. The van der Waals surface area contributed by atoms with Gasteiger partial charge in [-0.3, -0.25) is 4.79 Å². The van der Waals surface area contributed by atoms with E-state index in [1.807, 2.05) is 0 Å². The zero-order chi connectivity index (χ0) is 17.0. The zero-order valence-electron chi connectivity index (χ0n) is 13.2. The molecule has 7 nitrogen and oxygen atoms in total. The van der Waals surface area contributed by atoms with Crippen molar-refractivity contribution in [3.8, 4) is 11.4 Å². The first-order valence-corrected chi connectivity index (χ1v) is 8.99. The minimum absolute atomic E-state index is 0.138. The number of sulfone groups is 1. The Morgan fingerprint density at radius 3 is 2.74 bits per heavy atom. The summed E-state index contributed by atoms with van der Waals surface area (Å²) in [6.45, 7) is 1.78. The normalized spacial score (nSPS) is 13.0.